The number of nitrogens with one attached hydrogen (secondary N) is 1. The summed E-state index contributed by atoms with van der Waals surface area (Å²) in [5.41, 5.74) is -0.140. The van der Waals surface area contributed by atoms with Crippen molar-refractivity contribution >= 4 is 27.7 Å². The lowest BCUT2D eigenvalue weighted by Crippen LogP contribution is -2.47. The van der Waals surface area contributed by atoms with E-state index in [1.54, 1.807) is 6.92 Å². The Morgan fingerprint density at radius 1 is 1.15 bits per heavy atom. The summed E-state index contributed by atoms with van der Waals surface area (Å²) in [5.74, 6) is -2.56. The van der Waals surface area contributed by atoms with Gasteiger partial charge in [-0.05, 0) is 18.1 Å². The fourth-order valence-electron chi connectivity index (χ4n) is 2.28. The first kappa shape index (κ1) is 22.6. The van der Waals surface area contributed by atoms with Gasteiger partial charge in [-0.2, -0.15) is 0 Å². The van der Waals surface area contributed by atoms with Crippen molar-refractivity contribution < 1.29 is 32.3 Å². The van der Waals surface area contributed by atoms with Crippen molar-refractivity contribution in [1.82, 2.24) is 5.32 Å². The van der Waals surface area contributed by atoms with Crippen LogP contribution >= 0.6 is 0 Å². The quantitative estimate of drug-likeness (QED) is 0.623. The molecule has 1 N–H and O–H groups in total. The predicted octanol–water partition coefficient (Wildman–Crippen LogP) is 1.34. The lowest BCUT2D eigenvalue weighted by atomic mass is 9.99. The number of rotatable bonds is 9. The Morgan fingerprint density at radius 2 is 1.78 bits per heavy atom. The molecule has 0 aromatic heterocycles. The smallest absolute Gasteiger partial charge is 0.339 e. The Labute approximate surface area is 159 Å². The van der Waals surface area contributed by atoms with Gasteiger partial charge in [-0.3, -0.25) is 4.79 Å². The zero-order valence-corrected chi connectivity index (χ0v) is 16.7. The molecule has 9 heteroatoms. The minimum Gasteiger partial charge on any atom is -0.467 e. The third-order valence-electron chi connectivity index (χ3n) is 4.14. The summed E-state index contributed by atoms with van der Waals surface area (Å²) >= 11 is 0. The first-order valence-electron chi connectivity index (χ1n) is 8.54. The predicted molar refractivity (Wildman–Crippen MR) is 97.9 cm³/mol. The Kier molecular flexibility index (Phi) is 8.42. The van der Waals surface area contributed by atoms with Gasteiger partial charge in [0.2, 0.25) is 0 Å². The first-order chi connectivity index (χ1) is 12.7. The number of methoxy groups -OCH3 is 1. The Morgan fingerprint density at radius 3 is 2.33 bits per heavy atom. The van der Waals surface area contributed by atoms with Crippen molar-refractivity contribution in [3.63, 3.8) is 0 Å². The van der Waals surface area contributed by atoms with Gasteiger partial charge < -0.3 is 14.8 Å². The fraction of sp³-hybridized carbons (Fsp3) is 0.500. The third-order valence-corrected chi connectivity index (χ3v) is 5.93. The zero-order chi connectivity index (χ0) is 20.6. The van der Waals surface area contributed by atoms with Gasteiger partial charge in [0.15, 0.2) is 16.4 Å². The number of benzene rings is 1. The molecule has 0 aliphatic rings. The van der Waals surface area contributed by atoms with Gasteiger partial charge in [-0.15, -0.1) is 0 Å². The largest absolute Gasteiger partial charge is 0.467 e. The van der Waals surface area contributed by atoms with Crippen LogP contribution in [0.25, 0.3) is 0 Å². The topological polar surface area (TPSA) is 116 Å². The Hall–Kier alpha value is -2.42. The molecule has 150 valence electrons. The minimum absolute atomic E-state index is 0.140. The number of carbonyl (C=O) groups excluding carboxylic acids is 3. The Balaban J connectivity index is 2.83. The van der Waals surface area contributed by atoms with Crippen LogP contribution in [0.5, 0.6) is 0 Å². The highest BCUT2D eigenvalue weighted by molar-refractivity contribution is 7.91. The molecule has 0 saturated heterocycles. The molecule has 0 saturated carbocycles. The molecule has 1 aromatic rings. The molecule has 0 aliphatic carbocycles. The van der Waals surface area contributed by atoms with Crippen LogP contribution in [0, 0.1) is 5.92 Å². The van der Waals surface area contributed by atoms with E-state index in [4.69, 9.17) is 4.74 Å². The molecular weight excluding hydrogens is 374 g/mol. The van der Waals surface area contributed by atoms with Crippen molar-refractivity contribution in [3.05, 3.63) is 29.8 Å². The van der Waals surface area contributed by atoms with E-state index in [0.717, 1.165) is 0 Å². The van der Waals surface area contributed by atoms with E-state index in [1.165, 1.54) is 38.3 Å². The number of carbonyl (C=O) groups is 3. The second-order valence-electron chi connectivity index (χ2n) is 5.93. The van der Waals surface area contributed by atoms with Crippen LogP contribution < -0.4 is 5.32 Å². The molecule has 0 spiro atoms. The SMILES string of the molecule is CC[C@H](C)[C@@H](NC(=O)COC(=O)c1ccccc1S(=O)(=O)CC)C(=O)OC. The number of hydrogen-bond donors (Lipinski definition) is 1. The number of esters is 2. The van der Waals surface area contributed by atoms with Crippen LogP contribution in [0.1, 0.15) is 37.6 Å². The van der Waals surface area contributed by atoms with Crippen molar-refractivity contribution in [1.29, 1.82) is 0 Å². The van der Waals surface area contributed by atoms with Crippen LogP contribution in [0.2, 0.25) is 0 Å². The van der Waals surface area contributed by atoms with E-state index in [1.807, 2.05) is 6.92 Å². The number of ether oxygens (including phenoxy) is 2. The molecule has 2 atom stereocenters. The van der Waals surface area contributed by atoms with E-state index in [2.05, 4.69) is 10.1 Å². The average molecular weight is 399 g/mol. The number of sulfone groups is 1. The van der Waals surface area contributed by atoms with Crippen molar-refractivity contribution in [2.45, 2.75) is 38.1 Å². The molecule has 1 aromatic carbocycles. The van der Waals surface area contributed by atoms with Crippen LogP contribution in [-0.2, 0) is 28.9 Å². The van der Waals surface area contributed by atoms with Crippen LogP contribution in [-0.4, -0.2) is 51.8 Å². The van der Waals surface area contributed by atoms with Crippen molar-refractivity contribution in [3.8, 4) is 0 Å². The van der Waals surface area contributed by atoms with Gasteiger partial charge in [0, 0.05) is 0 Å². The maximum absolute atomic E-state index is 12.2. The normalized spacial score (nSPS) is 13.3. The molecule has 0 aliphatic heterocycles. The van der Waals surface area contributed by atoms with Crippen molar-refractivity contribution in [2.24, 2.45) is 5.92 Å². The highest BCUT2D eigenvalue weighted by atomic mass is 32.2. The summed E-state index contributed by atoms with van der Waals surface area (Å²) < 4.78 is 33.8. The highest BCUT2D eigenvalue weighted by Crippen LogP contribution is 2.18. The lowest BCUT2D eigenvalue weighted by molar-refractivity contribution is -0.147. The van der Waals surface area contributed by atoms with Gasteiger partial charge in [-0.1, -0.05) is 39.3 Å². The lowest BCUT2D eigenvalue weighted by Gasteiger charge is -2.21. The van der Waals surface area contributed by atoms with E-state index in [9.17, 15) is 22.8 Å². The summed E-state index contributed by atoms with van der Waals surface area (Å²) in [6, 6.07) is 4.77. The van der Waals surface area contributed by atoms with Gasteiger partial charge in [-0.25, -0.2) is 18.0 Å². The summed E-state index contributed by atoms with van der Waals surface area (Å²) in [6.45, 7) is 4.45. The maximum Gasteiger partial charge on any atom is 0.339 e. The van der Waals surface area contributed by atoms with Crippen LogP contribution in [0.15, 0.2) is 29.2 Å². The fourth-order valence-corrected chi connectivity index (χ4v) is 3.37. The minimum atomic E-state index is -3.62. The van der Waals surface area contributed by atoms with Crippen molar-refractivity contribution in [2.75, 3.05) is 19.5 Å². The average Bonchev–Trinajstić information content (AvgIpc) is 2.68. The molecule has 8 nitrogen and oxygen atoms in total. The number of hydrogen-bond acceptors (Lipinski definition) is 7. The standard InChI is InChI=1S/C18H25NO7S/c1-5-12(3)16(18(22)25-4)19-15(20)11-26-17(21)13-9-7-8-10-14(13)27(23,24)6-2/h7-10,12,16H,5-6,11H2,1-4H3,(H,19,20)/t12-,16+/m0/s1. The first-order valence-corrected chi connectivity index (χ1v) is 10.2. The zero-order valence-electron chi connectivity index (χ0n) is 15.9. The molecule has 0 heterocycles. The van der Waals surface area contributed by atoms with Gasteiger partial charge >= 0.3 is 11.9 Å². The monoisotopic (exact) mass is 399 g/mol. The third kappa shape index (κ3) is 6.06. The van der Waals surface area contributed by atoms with Gasteiger partial charge in [0.05, 0.1) is 23.3 Å². The summed E-state index contributed by atoms with van der Waals surface area (Å²) in [5, 5.41) is 2.47. The van der Waals surface area contributed by atoms with E-state index in [-0.39, 0.29) is 22.1 Å². The van der Waals surface area contributed by atoms with E-state index >= 15 is 0 Å². The van der Waals surface area contributed by atoms with Crippen LogP contribution in [0.3, 0.4) is 0 Å². The number of amides is 1. The van der Waals surface area contributed by atoms with E-state index in [0.29, 0.717) is 6.42 Å². The molecule has 0 fully saturated rings. The highest BCUT2D eigenvalue weighted by Gasteiger charge is 2.27. The molecule has 0 unspecified atom stereocenters. The molecule has 27 heavy (non-hydrogen) atoms. The second-order valence-corrected chi connectivity index (χ2v) is 8.18. The second kappa shape index (κ2) is 10.1. The molecular formula is C18H25NO7S. The van der Waals surface area contributed by atoms with Gasteiger partial charge in [0.1, 0.15) is 6.04 Å². The molecule has 0 radical (unpaired) electrons. The molecule has 0 bridgehead atoms. The van der Waals surface area contributed by atoms with Crippen LogP contribution in [0.4, 0.5) is 0 Å². The molecule has 1 rings (SSSR count). The molecule has 1 amide bonds. The Bertz CT molecular complexity index is 789. The summed E-state index contributed by atoms with van der Waals surface area (Å²) in [6.07, 6.45) is 0.627. The van der Waals surface area contributed by atoms with E-state index < -0.39 is 40.3 Å². The summed E-state index contributed by atoms with van der Waals surface area (Å²) in [4.78, 5) is 35.9. The summed E-state index contributed by atoms with van der Waals surface area (Å²) in [7, 11) is -2.41. The van der Waals surface area contributed by atoms with Gasteiger partial charge in [0.25, 0.3) is 5.91 Å². The maximum atomic E-state index is 12.2.